The summed E-state index contributed by atoms with van der Waals surface area (Å²) in [5.74, 6) is 2.56. The van der Waals surface area contributed by atoms with Crippen molar-refractivity contribution in [2.45, 2.75) is 66.7 Å². The Labute approximate surface area is 254 Å². The number of methoxy groups -OCH3 is 1. The van der Waals surface area contributed by atoms with E-state index in [0.717, 1.165) is 23.2 Å². The Morgan fingerprint density at radius 1 is 1.21 bits per heavy atom. The highest BCUT2D eigenvalue weighted by Gasteiger charge is 2.14. The maximum Gasteiger partial charge on any atom is 0.271 e. The minimum Gasteiger partial charge on any atom is -0.497 e. The number of rotatable bonds is 13. The molecule has 225 valence electrons. The Bertz CT molecular complexity index is 1230. The number of nitrogens with one attached hydrogen (secondary N) is 1. The van der Waals surface area contributed by atoms with Crippen molar-refractivity contribution in [3.8, 4) is 18.1 Å². The standard InChI is InChI=1S/C29H38BN4O3.C3H4.C2H6/c1-7-10-26(21-13-16-27(37-6)24(18-21)30-4)32-22(9-3)19-25(31)28(35)33-23-14-11-20(12-15-23)29(36)34(5)17-8-2;1-3-2;1-2/h7,11-16,18-19,26H,1,8-10,17,31H2,2-6H3,(H,33,35);1H,2H3;1-2H3/b25-19-,32-22?;;. The molecule has 1 atom stereocenters. The second-order valence-electron chi connectivity index (χ2n) is 8.95. The molecule has 1 unspecified atom stereocenters. The smallest absolute Gasteiger partial charge is 0.271 e. The zero-order valence-electron chi connectivity index (χ0n) is 26.7. The molecule has 7 nitrogen and oxygen atoms in total. The van der Waals surface area contributed by atoms with Gasteiger partial charge in [-0.2, -0.15) is 0 Å². The highest BCUT2D eigenvalue weighted by Crippen LogP contribution is 2.24. The van der Waals surface area contributed by atoms with E-state index < -0.39 is 5.91 Å². The van der Waals surface area contributed by atoms with Gasteiger partial charge >= 0.3 is 0 Å². The topological polar surface area (TPSA) is 97.0 Å². The average Bonchev–Trinajstić information content (AvgIpc) is 3.01. The lowest BCUT2D eigenvalue weighted by atomic mass is 9.72. The third-order valence-corrected chi connectivity index (χ3v) is 5.90. The van der Waals surface area contributed by atoms with Crippen LogP contribution in [0.4, 0.5) is 5.69 Å². The third-order valence-electron chi connectivity index (χ3n) is 5.90. The van der Waals surface area contributed by atoms with E-state index >= 15 is 0 Å². The molecule has 0 aromatic heterocycles. The first-order valence-electron chi connectivity index (χ1n) is 14.4. The number of benzene rings is 2. The van der Waals surface area contributed by atoms with Crippen LogP contribution in [0.2, 0.25) is 6.82 Å². The average molecular weight is 572 g/mol. The molecule has 2 aromatic carbocycles. The van der Waals surface area contributed by atoms with Crippen LogP contribution >= 0.6 is 0 Å². The van der Waals surface area contributed by atoms with Crippen molar-refractivity contribution in [3.05, 3.63) is 78.0 Å². The number of carbonyl (C=O) groups is 2. The van der Waals surface area contributed by atoms with Crippen molar-refractivity contribution in [2.75, 3.05) is 26.0 Å². The van der Waals surface area contributed by atoms with Crippen molar-refractivity contribution in [1.82, 2.24) is 4.90 Å². The van der Waals surface area contributed by atoms with Gasteiger partial charge in [0, 0.05) is 30.6 Å². The van der Waals surface area contributed by atoms with Gasteiger partial charge in [0.25, 0.3) is 11.8 Å². The van der Waals surface area contributed by atoms with E-state index in [1.807, 2.05) is 60.0 Å². The monoisotopic (exact) mass is 571 g/mol. The van der Waals surface area contributed by atoms with Gasteiger partial charge in [0.15, 0.2) is 7.28 Å². The number of terminal acetylenes is 1. The highest BCUT2D eigenvalue weighted by atomic mass is 16.5. The molecule has 0 bridgehead atoms. The lowest BCUT2D eigenvalue weighted by Gasteiger charge is -2.16. The maximum absolute atomic E-state index is 12.7. The first kappa shape index (κ1) is 37.8. The molecule has 0 saturated heterocycles. The van der Waals surface area contributed by atoms with E-state index in [0.29, 0.717) is 36.3 Å². The molecule has 0 aliphatic carbocycles. The molecule has 3 N–H and O–H groups in total. The molecule has 2 rings (SSSR count). The highest BCUT2D eigenvalue weighted by molar-refractivity contribution is 6.53. The van der Waals surface area contributed by atoms with Crippen LogP contribution in [0.5, 0.6) is 5.75 Å². The largest absolute Gasteiger partial charge is 0.497 e. The van der Waals surface area contributed by atoms with Crippen LogP contribution in [0, 0.1) is 12.3 Å². The lowest BCUT2D eigenvalue weighted by Crippen LogP contribution is -2.27. The summed E-state index contributed by atoms with van der Waals surface area (Å²) in [7, 11) is 5.41. The Balaban J connectivity index is 0.00000315. The van der Waals surface area contributed by atoms with E-state index in [1.54, 1.807) is 56.3 Å². The van der Waals surface area contributed by atoms with Gasteiger partial charge in [-0.3, -0.25) is 14.6 Å². The molecule has 0 spiro atoms. The second kappa shape index (κ2) is 21.5. The number of carbonyl (C=O) groups excluding carboxylic acids is 2. The predicted molar refractivity (Wildman–Crippen MR) is 180 cm³/mol. The maximum atomic E-state index is 12.7. The fraction of sp³-hybridized carbons (Fsp3) is 0.382. The summed E-state index contributed by atoms with van der Waals surface area (Å²) in [4.78, 5) is 31.7. The van der Waals surface area contributed by atoms with Crippen LogP contribution in [0.1, 0.15) is 75.8 Å². The molecule has 8 heteroatoms. The summed E-state index contributed by atoms with van der Waals surface area (Å²) in [6.07, 6.45) is 10.2. The van der Waals surface area contributed by atoms with Gasteiger partial charge in [-0.25, -0.2) is 0 Å². The quantitative estimate of drug-likeness (QED) is 0.0988. The zero-order valence-corrected chi connectivity index (χ0v) is 26.7. The Kier molecular flexibility index (Phi) is 19.3. The Morgan fingerprint density at radius 3 is 2.33 bits per heavy atom. The number of aliphatic imine (C=N–C) groups is 1. The van der Waals surface area contributed by atoms with Gasteiger partial charge in [-0.1, -0.05) is 52.7 Å². The summed E-state index contributed by atoms with van der Waals surface area (Å²) in [5.41, 5.74) is 10.0. The summed E-state index contributed by atoms with van der Waals surface area (Å²) in [6, 6.07) is 12.6. The molecule has 0 saturated carbocycles. The fourth-order valence-corrected chi connectivity index (χ4v) is 3.84. The summed E-state index contributed by atoms with van der Waals surface area (Å²) in [6.45, 7) is 16.2. The first-order chi connectivity index (χ1) is 20.2. The van der Waals surface area contributed by atoms with Crippen LogP contribution in [-0.4, -0.2) is 50.4 Å². The number of hydrogen-bond donors (Lipinski definition) is 2. The van der Waals surface area contributed by atoms with Crippen LogP contribution in [0.25, 0.3) is 0 Å². The van der Waals surface area contributed by atoms with Crippen molar-refractivity contribution in [2.24, 2.45) is 10.7 Å². The van der Waals surface area contributed by atoms with Crippen molar-refractivity contribution >= 4 is 36.0 Å². The van der Waals surface area contributed by atoms with E-state index in [-0.39, 0.29) is 17.6 Å². The molecule has 2 amide bonds. The molecular weight excluding hydrogens is 523 g/mol. The number of hydrogen-bond acceptors (Lipinski definition) is 5. The van der Waals surface area contributed by atoms with Gasteiger partial charge in [-0.15, -0.1) is 18.9 Å². The van der Waals surface area contributed by atoms with Crippen molar-refractivity contribution in [1.29, 1.82) is 0 Å². The molecule has 0 fully saturated rings. The number of ether oxygens (including phenoxy) is 1. The van der Waals surface area contributed by atoms with E-state index in [4.69, 9.17) is 15.5 Å². The summed E-state index contributed by atoms with van der Waals surface area (Å²) in [5, 5.41) is 2.78. The number of nitrogens with zero attached hydrogens (tertiary/aromatic N) is 2. The molecule has 0 heterocycles. The fourth-order valence-electron chi connectivity index (χ4n) is 3.84. The first-order valence-corrected chi connectivity index (χ1v) is 14.4. The lowest BCUT2D eigenvalue weighted by molar-refractivity contribution is -0.112. The SMILES string of the molecule is C#CC.C=CCC(N=C(/C=C(\N)C(=O)Nc1ccc(C(=O)N(C)CCC)cc1)CC)c1ccc(OC)c([B]C)c1.CC. The number of allylic oxidation sites excluding steroid dienone is 1. The van der Waals surface area contributed by atoms with E-state index in [9.17, 15) is 9.59 Å². The van der Waals surface area contributed by atoms with Gasteiger partial charge in [0.2, 0.25) is 0 Å². The molecule has 2 aromatic rings. The van der Waals surface area contributed by atoms with Crippen LogP contribution in [0.15, 0.2) is 71.9 Å². The Hall–Kier alpha value is -4.25. The van der Waals surface area contributed by atoms with Crippen molar-refractivity contribution in [3.63, 3.8) is 0 Å². The third kappa shape index (κ3) is 12.5. The molecule has 0 aliphatic rings. The number of amides is 2. The molecular formula is C34H48BN4O3. The van der Waals surface area contributed by atoms with Crippen molar-refractivity contribution < 1.29 is 14.3 Å². The minimum absolute atomic E-state index is 0.0538. The number of anilines is 1. The second-order valence-corrected chi connectivity index (χ2v) is 8.95. The van der Waals surface area contributed by atoms with Crippen LogP contribution in [0.3, 0.4) is 0 Å². The van der Waals surface area contributed by atoms with Gasteiger partial charge < -0.3 is 20.7 Å². The zero-order chi connectivity index (χ0) is 32.1. The van der Waals surface area contributed by atoms with Gasteiger partial charge in [0.05, 0.1) is 18.8 Å². The van der Waals surface area contributed by atoms with Gasteiger partial charge in [-0.05, 0) is 73.6 Å². The van der Waals surface area contributed by atoms with E-state index in [2.05, 4.69) is 30.3 Å². The molecule has 1 radical (unpaired) electrons. The molecule has 0 aliphatic heterocycles. The predicted octanol–water partition coefficient (Wildman–Crippen LogP) is 6.17. The van der Waals surface area contributed by atoms with E-state index in [1.165, 1.54) is 0 Å². The number of nitrogens with two attached hydrogens (primary N) is 1. The summed E-state index contributed by atoms with van der Waals surface area (Å²) < 4.78 is 5.42. The van der Waals surface area contributed by atoms with Crippen LogP contribution < -0.4 is 21.3 Å². The normalized spacial score (nSPS) is 11.3. The van der Waals surface area contributed by atoms with Gasteiger partial charge in [0.1, 0.15) is 5.75 Å². The summed E-state index contributed by atoms with van der Waals surface area (Å²) >= 11 is 0. The molecule has 42 heavy (non-hydrogen) atoms. The van der Waals surface area contributed by atoms with Crippen LogP contribution in [-0.2, 0) is 4.79 Å². The minimum atomic E-state index is -0.434. The Morgan fingerprint density at radius 2 is 1.83 bits per heavy atom.